The first-order valence-corrected chi connectivity index (χ1v) is 12.1. The van der Waals surface area contributed by atoms with Gasteiger partial charge in [-0.25, -0.2) is 22.2 Å². The molecule has 4 aromatic rings. The smallest absolute Gasteiger partial charge is 0.207 e. The van der Waals surface area contributed by atoms with Crippen molar-refractivity contribution in [3.05, 3.63) is 64.5 Å². The maximum atomic E-state index is 13.3. The molecule has 1 N–H and O–H groups in total. The largest absolute Gasteiger partial charge is 0.241 e. The molecular formula is C21H20FN5O2S2. The SMILES string of the molecule is Cc1nnc(-n2nc(Cc3ccc(F)cc3)c3ccc(S(=O)(=O)NC4(C)CC4)cc32)s1. The van der Waals surface area contributed by atoms with Crippen LogP contribution in [0.25, 0.3) is 16.0 Å². The van der Waals surface area contributed by atoms with Crippen LogP contribution < -0.4 is 4.72 Å². The Kier molecular flexibility index (Phi) is 4.68. The molecule has 2 heterocycles. The highest BCUT2D eigenvalue weighted by molar-refractivity contribution is 7.89. The second-order valence-corrected chi connectivity index (χ2v) is 11.0. The van der Waals surface area contributed by atoms with Gasteiger partial charge in [0.15, 0.2) is 0 Å². The van der Waals surface area contributed by atoms with Crippen LogP contribution in [0.4, 0.5) is 4.39 Å². The normalized spacial score (nSPS) is 15.5. The summed E-state index contributed by atoms with van der Waals surface area (Å²) >= 11 is 1.37. The Balaban J connectivity index is 1.62. The van der Waals surface area contributed by atoms with Crippen molar-refractivity contribution >= 4 is 32.3 Å². The van der Waals surface area contributed by atoms with E-state index < -0.39 is 10.0 Å². The summed E-state index contributed by atoms with van der Waals surface area (Å²) < 4.78 is 43.5. The van der Waals surface area contributed by atoms with Crippen molar-refractivity contribution in [2.75, 3.05) is 0 Å². The minimum atomic E-state index is -3.66. The zero-order chi connectivity index (χ0) is 21.8. The minimum absolute atomic E-state index is 0.184. The third-order valence-corrected chi connectivity index (χ3v) is 7.85. The molecular weight excluding hydrogens is 437 g/mol. The van der Waals surface area contributed by atoms with Gasteiger partial charge in [0.2, 0.25) is 15.2 Å². The second-order valence-electron chi connectivity index (χ2n) is 8.11. The fraction of sp³-hybridized carbons (Fsp3) is 0.286. The van der Waals surface area contributed by atoms with Gasteiger partial charge in [-0.15, -0.1) is 10.2 Å². The Hall–Kier alpha value is -2.69. The summed E-state index contributed by atoms with van der Waals surface area (Å²) in [5.41, 5.74) is 1.93. The van der Waals surface area contributed by atoms with E-state index in [4.69, 9.17) is 5.10 Å². The highest BCUT2D eigenvalue weighted by atomic mass is 32.2. The number of nitrogens with zero attached hydrogens (tertiary/aromatic N) is 4. The number of aromatic nitrogens is 4. The molecule has 2 aromatic carbocycles. The maximum Gasteiger partial charge on any atom is 0.241 e. The molecule has 5 rings (SSSR count). The van der Waals surface area contributed by atoms with Gasteiger partial charge in [-0.05, 0) is 62.6 Å². The number of rotatable bonds is 6. The number of nitrogens with one attached hydrogen (secondary N) is 1. The summed E-state index contributed by atoms with van der Waals surface area (Å²) in [5, 5.41) is 15.1. The van der Waals surface area contributed by atoms with Crippen molar-refractivity contribution in [2.24, 2.45) is 0 Å². The van der Waals surface area contributed by atoms with Gasteiger partial charge >= 0.3 is 0 Å². The average molecular weight is 458 g/mol. The lowest BCUT2D eigenvalue weighted by molar-refractivity contribution is 0.558. The Labute approximate surface area is 183 Å². The lowest BCUT2D eigenvalue weighted by atomic mass is 10.1. The maximum absolute atomic E-state index is 13.3. The molecule has 31 heavy (non-hydrogen) atoms. The van der Waals surface area contributed by atoms with E-state index in [9.17, 15) is 12.8 Å². The van der Waals surface area contributed by atoms with Crippen LogP contribution in [0.15, 0.2) is 47.4 Å². The van der Waals surface area contributed by atoms with Gasteiger partial charge in [0.1, 0.15) is 10.8 Å². The van der Waals surface area contributed by atoms with Gasteiger partial charge in [-0.3, -0.25) is 0 Å². The first kappa shape index (κ1) is 20.2. The third kappa shape index (κ3) is 3.98. The van der Waals surface area contributed by atoms with Crippen LogP contribution in [-0.4, -0.2) is 33.9 Å². The molecule has 0 aliphatic heterocycles. The van der Waals surface area contributed by atoms with Gasteiger partial charge in [-0.1, -0.05) is 23.5 Å². The van der Waals surface area contributed by atoms with Crippen molar-refractivity contribution < 1.29 is 12.8 Å². The zero-order valence-corrected chi connectivity index (χ0v) is 18.6. The van der Waals surface area contributed by atoms with Crippen molar-refractivity contribution in [3.8, 4) is 5.13 Å². The van der Waals surface area contributed by atoms with Gasteiger partial charge in [0, 0.05) is 17.3 Å². The van der Waals surface area contributed by atoms with Crippen LogP contribution in [0.5, 0.6) is 0 Å². The Morgan fingerprint density at radius 3 is 2.55 bits per heavy atom. The van der Waals surface area contributed by atoms with Gasteiger partial charge in [0.25, 0.3) is 0 Å². The standard InChI is InChI=1S/C21H20FN5O2S2/c1-13-23-24-20(30-13)27-19-12-16(31(28,29)26-21(2)9-10-21)7-8-17(19)18(25-27)11-14-3-5-15(22)6-4-14/h3-8,12,26H,9-11H2,1-2H3. The van der Waals surface area contributed by atoms with E-state index in [0.717, 1.165) is 34.5 Å². The Bertz CT molecular complexity index is 1390. The molecule has 10 heteroatoms. The third-order valence-electron chi connectivity index (χ3n) is 5.40. The quantitative estimate of drug-likeness (QED) is 0.476. The number of hydrogen-bond donors (Lipinski definition) is 1. The number of benzene rings is 2. The van der Waals surface area contributed by atoms with Gasteiger partial charge in [-0.2, -0.15) is 5.10 Å². The average Bonchev–Trinajstić information content (AvgIpc) is 3.12. The van der Waals surface area contributed by atoms with E-state index >= 15 is 0 Å². The predicted octanol–water partition coefficient (Wildman–Crippen LogP) is 3.75. The molecule has 0 spiro atoms. The summed E-state index contributed by atoms with van der Waals surface area (Å²) in [5.74, 6) is -0.296. The van der Waals surface area contributed by atoms with Crippen molar-refractivity contribution in [2.45, 2.75) is 43.5 Å². The molecule has 7 nitrogen and oxygen atoms in total. The molecule has 1 fully saturated rings. The van der Waals surface area contributed by atoms with Crippen LogP contribution in [0.2, 0.25) is 0 Å². The first-order valence-electron chi connectivity index (χ1n) is 9.83. The molecule has 0 unspecified atom stereocenters. The first-order chi connectivity index (χ1) is 14.7. The summed E-state index contributed by atoms with van der Waals surface area (Å²) in [6.45, 7) is 3.75. The minimum Gasteiger partial charge on any atom is -0.207 e. The van der Waals surface area contributed by atoms with Crippen LogP contribution in [0.3, 0.4) is 0 Å². The second kappa shape index (κ2) is 7.18. The van der Waals surface area contributed by atoms with Crippen molar-refractivity contribution in [3.63, 3.8) is 0 Å². The molecule has 160 valence electrons. The van der Waals surface area contributed by atoms with E-state index in [-0.39, 0.29) is 16.3 Å². The van der Waals surface area contributed by atoms with Crippen LogP contribution in [0.1, 0.15) is 36.0 Å². The molecule has 0 saturated heterocycles. The van der Waals surface area contributed by atoms with E-state index in [1.807, 2.05) is 13.8 Å². The lowest BCUT2D eigenvalue weighted by Gasteiger charge is -2.12. The van der Waals surface area contributed by atoms with Crippen LogP contribution in [-0.2, 0) is 16.4 Å². The fourth-order valence-corrected chi connectivity index (χ4v) is 5.58. The molecule has 0 bridgehead atoms. The van der Waals surface area contributed by atoms with Crippen molar-refractivity contribution in [1.29, 1.82) is 0 Å². The molecule has 1 aliphatic carbocycles. The number of fused-ring (bicyclic) bond motifs is 1. The number of halogens is 1. The highest BCUT2D eigenvalue weighted by Crippen LogP contribution is 2.36. The van der Waals surface area contributed by atoms with E-state index in [1.54, 1.807) is 35.0 Å². The molecule has 0 amide bonds. The molecule has 1 aliphatic rings. The summed E-state index contributed by atoms with van der Waals surface area (Å²) in [6, 6.07) is 11.3. The molecule has 0 atom stereocenters. The summed E-state index contributed by atoms with van der Waals surface area (Å²) in [7, 11) is -3.66. The Morgan fingerprint density at radius 2 is 1.90 bits per heavy atom. The summed E-state index contributed by atoms with van der Waals surface area (Å²) in [6.07, 6.45) is 2.14. The molecule has 0 radical (unpaired) electrons. The monoisotopic (exact) mass is 457 g/mol. The van der Waals surface area contributed by atoms with E-state index in [2.05, 4.69) is 14.9 Å². The molecule has 1 saturated carbocycles. The highest BCUT2D eigenvalue weighted by Gasteiger charge is 2.41. The molecule has 2 aromatic heterocycles. The lowest BCUT2D eigenvalue weighted by Crippen LogP contribution is -2.34. The Morgan fingerprint density at radius 1 is 1.16 bits per heavy atom. The zero-order valence-electron chi connectivity index (χ0n) is 17.0. The van der Waals surface area contributed by atoms with E-state index in [1.165, 1.54) is 23.5 Å². The van der Waals surface area contributed by atoms with Crippen LogP contribution in [0, 0.1) is 12.7 Å². The summed E-state index contributed by atoms with van der Waals surface area (Å²) in [4.78, 5) is 0.184. The van der Waals surface area contributed by atoms with Crippen molar-refractivity contribution in [1.82, 2.24) is 24.7 Å². The van der Waals surface area contributed by atoms with Gasteiger partial charge < -0.3 is 0 Å². The fourth-order valence-electron chi connectivity index (χ4n) is 3.44. The number of hydrogen-bond acceptors (Lipinski definition) is 6. The number of aryl methyl sites for hydroxylation is 1. The van der Waals surface area contributed by atoms with E-state index in [0.29, 0.717) is 17.1 Å². The number of sulfonamides is 1. The predicted molar refractivity (Wildman–Crippen MR) is 116 cm³/mol. The topological polar surface area (TPSA) is 89.8 Å². The van der Waals surface area contributed by atoms with Crippen LogP contribution >= 0.6 is 11.3 Å². The van der Waals surface area contributed by atoms with Gasteiger partial charge in [0.05, 0.1) is 16.1 Å².